The van der Waals surface area contributed by atoms with Crippen molar-refractivity contribution >= 4 is 15.9 Å². The van der Waals surface area contributed by atoms with Crippen LogP contribution < -0.4 is 5.73 Å². The zero-order valence-corrected chi connectivity index (χ0v) is 9.19. The van der Waals surface area contributed by atoms with Crippen LogP contribution in [0.4, 0.5) is 22.0 Å². The molecule has 0 aliphatic heterocycles. The van der Waals surface area contributed by atoms with Gasteiger partial charge in [-0.3, -0.25) is 4.98 Å². The molecule has 0 spiro atoms. The Bertz CT molecular complexity index is 362. The first-order chi connectivity index (χ1) is 7.16. The fourth-order valence-corrected chi connectivity index (χ4v) is 1.17. The Labute approximate surface area is 95.8 Å². The number of nitrogens with two attached hydrogens (primary N) is 1. The van der Waals surface area contributed by atoms with Gasteiger partial charge in [-0.2, -0.15) is 22.0 Å². The molecule has 8 heteroatoms. The molecule has 0 unspecified atom stereocenters. The van der Waals surface area contributed by atoms with Gasteiger partial charge in [0.15, 0.2) is 0 Å². The lowest BCUT2D eigenvalue weighted by Crippen LogP contribution is -2.46. The van der Waals surface area contributed by atoms with Crippen LogP contribution in [0.15, 0.2) is 22.8 Å². The maximum Gasteiger partial charge on any atom is 0.455 e. The summed E-state index contributed by atoms with van der Waals surface area (Å²) >= 11 is 2.97. The highest BCUT2D eigenvalue weighted by atomic mass is 79.9. The molecule has 1 aromatic heterocycles. The van der Waals surface area contributed by atoms with Gasteiger partial charge in [-0.25, -0.2) is 0 Å². The first-order valence-corrected chi connectivity index (χ1v) is 4.77. The van der Waals surface area contributed by atoms with Gasteiger partial charge < -0.3 is 5.73 Å². The van der Waals surface area contributed by atoms with Crippen molar-refractivity contribution in [1.82, 2.24) is 4.98 Å². The van der Waals surface area contributed by atoms with Gasteiger partial charge in [-0.05, 0) is 28.1 Å². The van der Waals surface area contributed by atoms with Crippen LogP contribution in [0, 0.1) is 0 Å². The molecule has 0 aliphatic rings. The second-order valence-corrected chi connectivity index (χ2v) is 3.92. The summed E-state index contributed by atoms with van der Waals surface area (Å²) in [5.41, 5.74) is 4.34. The van der Waals surface area contributed by atoms with E-state index in [-0.39, 0.29) is 0 Å². The van der Waals surface area contributed by atoms with Crippen LogP contribution >= 0.6 is 15.9 Å². The summed E-state index contributed by atoms with van der Waals surface area (Å²) in [6.45, 7) is 0. The van der Waals surface area contributed by atoms with Gasteiger partial charge in [0.05, 0.1) is 5.69 Å². The summed E-state index contributed by atoms with van der Waals surface area (Å²) in [4.78, 5) is 3.41. The van der Waals surface area contributed by atoms with Crippen LogP contribution in [0.3, 0.4) is 0 Å². The van der Waals surface area contributed by atoms with E-state index in [2.05, 4.69) is 20.9 Å². The SMILES string of the molecule is N[C@H](c1ccc(Br)cn1)C(F)(F)C(F)(F)F. The molecule has 0 amide bonds. The highest BCUT2D eigenvalue weighted by molar-refractivity contribution is 9.10. The summed E-state index contributed by atoms with van der Waals surface area (Å²) in [6.07, 6.45) is -4.59. The van der Waals surface area contributed by atoms with E-state index in [9.17, 15) is 22.0 Å². The van der Waals surface area contributed by atoms with Gasteiger partial charge in [-0.15, -0.1) is 0 Å². The van der Waals surface area contributed by atoms with Gasteiger partial charge in [0.25, 0.3) is 0 Å². The average Bonchev–Trinajstić information content (AvgIpc) is 2.16. The molecule has 0 radical (unpaired) electrons. The van der Waals surface area contributed by atoms with Crippen LogP contribution in [-0.4, -0.2) is 17.1 Å². The Morgan fingerprint density at radius 3 is 2.12 bits per heavy atom. The lowest BCUT2D eigenvalue weighted by atomic mass is 10.1. The van der Waals surface area contributed by atoms with E-state index in [1.807, 2.05) is 0 Å². The fraction of sp³-hybridized carbons (Fsp3) is 0.375. The van der Waals surface area contributed by atoms with Crippen LogP contribution in [0.1, 0.15) is 11.7 Å². The van der Waals surface area contributed by atoms with Gasteiger partial charge >= 0.3 is 12.1 Å². The van der Waals surface area contributed by atoms with E-state index in [4.69, 9.17) is 5.73 Å². The quantitative estimate of drug-likeness (QED) is 0.853. The maximum atomic E-state index is 12.8. The Kier molecular flexibility index (Phi) is 3.53. The van der Waals surface area contributed by atoms with Crippen LogP contribution in [0.25, 0.3) is 0 Å². The lowest BCUT2D eigenvalue weighted by molar-refractivity contribution is -0.291. The summed E-state index contributed by atoms with van der Waals surface area (Å²) in [7, 11) is 0. The van der Waals surface area contributed by atoms with Crippen molar-refractivity contribution in [1.29, 1.82) is 0 Å². The fourth-order valence-electron chi connectivity index (χ4n) is 0.933. The third kappa shape index (κ3) is 2.49. The smallest absolute Gasteiger partial charge is 0.317 e. The van der Waals surface area contributed by atoms with E-state index in [1.54, 1.807) is 0 Å². The molecule has 0 saturated heterocycles. The van der Waals surface area contributed by atoms with E-state index in [1.165, 1.54) is 6.07 Å². The van der Waals surface area contributed by atoms with E-state index >= 15 is 0 Å². The van der Waals surface area contributed by atoms with Crippen LogP contribution in [-0.2, 0) is 0 Å². The molecule has 1 rings (SSSR count). The molecular weight excluding hydrogens is 299 g/mol. The van der Waals surface area contributed by atoms with Crippen LogP contribution in [0.5, 0.6) is 0 Å². The van der Waals surface area contributed by atoms with Crippen molar-refractivity contribution in [2.45, 2.75) is 18.1 Å². The third-order valence-electron chi connectivity index (χ3n) is 1.84. The molecule has 90 valence electrons. The second-order valence-electron chi connectivity index (χ2n) is 3.00. The topological polar surface area (TPSA) is 38.9 Å². The van der Waals surface area contributed by atoms with Gasteiger partial charge in [0.2, 0.25) is 0 Å². The number of halogens is 6. The number of nitrogens with zero attached hydrogens (tertiary/aromatic N) is 1. The first-order valence-electron chi connectivity index (χ1n) is 3.98. The van der Waals surface area contributed by atoms with Crippen molar-refractivity contribution in [3.63, 3.8) is 0 Å². The standard InChI is InChI=1S/C8H6BrF5N2/c9-4-1-2-5(16-3-4)6(15)7(10,11)8(12,13)14/h1-3,6H,15H2/t6-/m1/s1. The number of hydrogen-bond acceptors (Lipinski definition) is 2. The van der Waals surface area contributed by atoms with E-state index in [0.717, 1.165) is 12.3 Å². The summed E-state index contributed by atoms with van der Waals surface area (Å²) in [5, 5.41) is 0. The molecule has 1 heterocycles. The minimum Gasteiger partial charge on any atom is -0.317 e. The Morgan fingerprint density at radius 2 is 1.75 bits per heavy atom. The molecule has 2 nitrogen and oxygen atoms in total. The van der Waals surface area contributed by atoms with Gasteiger partial charge in [0, 0.05) is 10.7 Å². The molecule has 16 heavy (non-hydrogen) atoms. The highest BCUT2D eigenvalue weighted by Crippen LogP contribution is 2.42. The molecule has 0 aliphatic carbocycles. The maximum absolute atomic E-state index is 12.8. The lowest BCUT2D eigenvalue weighted by Gasteiger charge is -2.25. The monoisotopic (exact) mass is 304 g/mol. The number of rotatable bonds is 2. The van der Waals surface area contributed by atoms with Crippen molar-refractivity contribution in [2.75, 3.05) is 0 Å². The second kappa shape index (κ2) is 4.25. The molecule has 2 N–H and O–H groups in total. The molecular formula is C8H6BrF5N2. The van der Waals surface area contributed by atoms with E-state index in [0.29, 0.717) is 4.47 Å². The minimum absolute atomic E-state index is 0.457. The first kappa shape index (κ1) is 13.3. The van der Waals surface area contributed by atoms with E-state index < -0.39 is 23.8 Å². The zero-order chi connectivity index (χ0) is 12.6. The number of alkyl halides is 5. The highest BCUT2D eigenvalue weighted by Gasteiger charge is 2.62. The normalized spacial score (nSPS) is 14.9. The molecule has 0 aromatic carbocycles. The Hall–Kier alpha value is -0.760. The molecule has 1 aromatic rings. The predicted octanol–water partition coefficient (Wildman–Crippen LogP) is 3.04. The van der Waals surface area contributed by atoms with Crippen molar-refractivity contribution in [3.8, 4) is 0 Å². The number of aromatic nitrogens is 1. The summed E-state index contributed by atoms with van der Waals surface area (Å²) < 4.78 is 62.0. The number of pyridine rings is 1. The zero-order valence-electron chi connectivity index (χ0n) is 7.60. The van der Waals surface area contributed by atoms with Crippen molar-refractivity contribution in [2.24, 2.45) is 5.73 Å². The Balaban J connectivity index is 3.02. The van der Waals surface area contributed by atoms with Gasteiger partial charge in [-0.1, -0.05) is 0 Å². The molecule has 0 fully saturated rings. The summed E-state index contributed by atoms with van der Waals surface area (Å²) in [5.74, 6) is -5.01. The van der Waals surface area contributed by atoms with Gasteiger partial charge in [0.1, 0.15) is 6.04 Å². The molecule has 1 atom stereocenters. The van der Waals surface area contributed by atoms with Crippen LogP contribution in [0.2, 0.25) is 0 Å². The molecule has 0 saturated carbocycles. The molecule has 0 bridgehead atoms. The number of hydrogen-bond donors (Lipinski definition) is 1. The predicted molar refractivity (Wildman–Crippen MR) is 49.9 cm³/mol. The largest absolute Gasteiger partial charge is 0.455 e. The van der Waals surface area contributed by atoms with Crippen molar-refractivity contribution in [3.05, 3.63) is 28.5 Å². The summed E-state index contributed by atoms with van der Waals surface area (Å²) in [6, 6.07) is -0.219. The average molecular weight is 305 g/mol. The third-order valence-corrected chi connectivity index (χ3v) is 2.31. The van der Waals surface area contributed by atoms with Crippen molar-refractivity contribution < 1.29 is 22.0 Å². The minimum atomic E-state index is -5.69. The Morgan fingerprint density at radius 1 is 1.19 bits per heavy atom.